The van der Waals surface area contributed by atoms with Gasteiger partial charge in [0.25, 0.3) is 0 Å². The van der Waals surface area contributed by atoms with Crippen LogP contribution in [0.3, 0.4) is 0 Å². The Morgan fingerprint density at radius 3 is 2.32 bits per heavy atom. The number of rotatable bonds is 6. The van der Waals surface area contributed by atoms with E-state index < -0.39 is 0 Å². The maximum atomic E-state index is 11.1. The number of nitrogens with one attached hydrogen (secondary N) is 3. The third-order valence-corrected chi connectivity index (χ3v) is 4.00. The summed E-state index contributed by atoms with van der Waals surface area (Å²) in [7, 11) is 1.56. The van der Waals surface area contributed by atoms with E-state index in [0.29, 0.717) is 39.5 Å². The van der Waals surface area contributed by atoms with Crippen molar-refractivity contribution in [2.24, 2.45) is 0 Å². The fourth-order valence-electron chi connectivity index (χ4n) is 2.48. The van der Waals surface area contributed by atoms with Crippen molar-refractivity contribution < 1.29 is 9.53 Å². The van der Waals surface area contributed by atoms with Gasteiger partial charge in [-0.25, -0.2) is 9.97 Å². The van der Waals surface area contributed by atoms with E-state index >= 15 is 0 Å². The molecule has 0 radical (unpaired) electrons. The monoisotopic (exact) mass is 398 g/mol. The smallest absolute Gasteiger partial charge is 0.221 e. The summed E-state index contributed by atoms with van der Waals surface area (Å²) in [4.78, 5) is 19.5. The van der Waals surface area contributed by atoms with Gasteiger partial charge >= 0.3 is 0 Å². The highest BCUT2D eigenvalue weighted by Gasteiger charge is 2.12. The molecule has 3 aromatic rings. The molecule has 1 amide bonds. The van der Waals surface area contributed by atoms with Gasteiger partial charge in [-0.3, -0.25) is 4.79 Å². The van der Waals surface area contributed by atoms with Crippen LogP contribution in [0.15, 0.2) is 48.8 Å². The zero-order chi connectivity index (χ0) is 20.1. The molecular formula is C19H19ClN6O2. The molecule has 8 nitrogen and oxygen atoms in total. The minimum Gasteiger partial charge on any atom is -0.495 e. The Labute approximate surface area is 167 Å². The van der Waals surface area contributed by atoms with E-state index in [0.717, 1.165) is 5.69 Å². The van der Waals surface area contributed by atoms with Crippen molar-refractivity contribution in [3.8, 4) is 5.75 Å². The number of anilines is 6. The van der Waals surface area contributed by atoms with Gasteiger partial charge in [-0.2, -0.15) is 0 Å². The van der Waals surface area contributed by atoms with Crippen molar-refractivity contribution in [3.05, 3.63) is 53.8 Å². The van der Waals surface area contributed by atoms with E-state index in [1.54, 1.807) is 49.6 Å². The first-order valence-electron chi connectivity index (χ1n) is 8.32. The average Bonchev–Trinajstić information content (AvgIpc) is 2.66. The molecule has 0 bridgehead atoms. The van der Waals surface area contributed by atoms with Gasteiger partial charge in [-0.15, -0.1) is 0 Å². The van der Waals surface area contributed by atoms with Gasteiger partial charge in [0.2, 0.25) is 5.91 Å². The molecule has 0 aliphatic carbocycles. The molecule has 0 saturated carbocycles. The van der Waals surface area contributed by atoms with Gasteiger partial charge in [0.15, 0.2) is 11.6 Å². The number of nitrogens with two attached hydrogens (primary N) is 1. The number of carbonyl (C=O) groups is 1. The Hall–Kier alpha value is -3.52. The number of halogens is 1. The van der Waals surface area contributed by atoms with Crippen molar-refractivity contribution in [3.63, 3.8) is 0 Å². The van der Waals surface area contributed by atoms with Crippen molar-refractivity contribution in [1.29, 1.82) is 0 Å². The normalized spacial score (nSPS) is 10.2. The quantitative estimate of drug-likeness (QED) is 0.492. The molecule has 0 aliphatic rings. The van der Waals surface area contributed by atoms with E-state index in [1.807, 2.05) is 0 Å². The zero-order valence-electron chi connectivity index (χ0n) is 15.3. The van der Waals surface area contributed by atoms with Crippen molar-refractivity contribution in [2.75, 3.05) is 28.8 Å². The molecule has 0 atom stereocenters. The molecule has 0 unspecified atom stereocenters. The standard InChI is InChI=1S/C19H19ClN6O2/c1-11(27)24-13-4-6-14(7-5-13)25-18-17(21)19(23-10-22-18)26-15-9-12(20)3-8-16(15)28-2/h3-10H,21H2,1-2H3,(H,24,27)(H2,22,23,25,26). The number of aromatic nitrogens is 2. The molecule has 2 aromatic carbocycles. The van der Waals surface area contributed by atoms with E-state index in [-0.39, 0.29) is 5.91 Å². The van der Waals surface area contributed by atoms with Crippen molar-refractivity contribution >= 4 is 51.9 Å². The molecule has 0 saturated heterocycles. The lowest BCUT2D eigenvalue weighted by Gasteiger charge is -2.15. The Bertz CT molecular complexity index is 994. The third kappa shape index (κ3) is 4.60. The number of hydrogen-bond donors (Lipinski definition) is 4. The highest BCUT2D eigenvalue weighted by atomic mass is 35.5. The first-order valence-corrected chi connectivity index (χ1v) is 8.70. The van der Waals surface area contributed by atoms with Gasteiger partial charge in [0.05, 0.1) is 12.8 Å². The predicted molar refractivity (Wildman–Crippen MR) is 112 cm³/mol. The van der Waals surface area contributed by atoms with E-state index in [4.69, 9.17) is 22.1 Å². The Morgan fingerprint density at radius 2 is 1.68 bits per heavy atom. The number of hydrogen-bond acceptors (Lipinski definition) is 7. The largest absolute Gasteiger partial charge is 0.495 e. The number of nitrogen functional groups attached to an aromatic ring is 1. The lowest BCUT2D eigenvalue weighted by atomic mass is 10.2. The summed E-state index contributed by atoms with van der Waals surface area (Å²) >= 11 is 6.06. The fourth-order valence-corrected chi connectivity index (χ4v) is 2.65. The van der Waals surface area contributed by atoms with Crippen LogP contribution in [0.5, 0.6) is 5.75 Å². The molecule has 9 heteroatoms. The first kappa shape index (κ1) is 19.2. The first-order chi connectivity index (χ1) is 13.5. The molecule has 0 aliphatic heterocycles. The van der Waals surface area contributed by atoms with Crippen LogP contribution in [0.2, 0.25) is 5.02 Å². The second-order valence-corrected chi connectivity index (χ2v) is 6.27. The number of nitrogens with zero attached hydrogens (tertiary/aromatic N) is 2. The average molecular weight is 399 g/mol. The topological polar surface area (TPSA) is 114 Å². The molecule has 28 heavy (non-hydrogen) atoms. The lowest BCUT2D eigenvalue weighted by Crippen LogP contribution is -2.07. The highest BCUT2D eigenvalue weighted by molar-refractivity contribution is 6.31. The Kier molecular flexibility index (Phi) is 5.81. The number of carbonyl (C=O) groups excluding carboxylic acids is 1. The summed E-state index contributed by atoms with van der Waals surface area (Å²) < 4.78 is 5.33. The molecule has 3 rings (SSSR count). The maximum Gasteiger partial charge on any atom is 0.221 e. The van der Waals surface area contributed by atoms with Crippen molar-refractivity contribution in [2.45, 2.75) is 6.92 Å². The molecule has 0 spiro atoms. The van der Waals surface area contributed by atoms with Gasteiger partial charge in [-0.1, -0.05) is 11.6 Å². The van der Waals surface area contributed by atoms with Gasteiger partial charge in [0, 0.05) is 23.3 Å². The van der Waals surface area contributed by atoms with Crippen LogP contribution in [0.25, 0.3) is 0 Å². The number of amides is 1. The van der Waals surface area contributed by atoms with Crippen LogP contribution < -0.4 is 26.4 Å². The predicted octanol–water partition coefficient (Wildman–Crippen LogP) is 4.17. The van der Waals surface area contributed by atoms with Crippen LogP contribution in [0, 0.1) is 0 Å². The third-order valence-electron chi connectivity index (χ3n) is 3.77. The summed E-state index contributed by atoms with van der Waals surface area (Å²) in [6.07, 6.45) is 1.39. The minimum absolute atomic E-state index is 0.132. The van der Waals surface area contributed by atoms with E-state index in [9.17, 15) is 4.79 Å². The second kappa shape index (κ2) is 8.45. The van der Waals surface area contributed by atoms with Crippen LogP contribution in [0.1, 0.15) is 6.92 Å². The Balaban J connectivity index is 1.81. The Morgan fingerprint density at radius 1 is 1.04 bits per heavy atom. The van der Waals surface area contributed by atoms with Gasteiger partial charge in [-0.05, 0) is 42.5 Å². The summed E-state index contributed by atoms with van der Waals surface area (Å²) in [5.74, 6) is 1.32. The highest BCUT2D eigenvalue weighted by Crippen LogP contribution is 2.33. The van der Waals surface area contributed by atoms with E-state index in [2.05, 4.69) is 25.9 Å². The van der Waals surface area contributed by atoms with Crippen LogP contribution in [-0.2, 0) is 4.79 Å². The number of methoxy groups -OCH3 is 1. The molecule has 144 valence electrons. The summed E-state index contributed by atoms with van der Waals surface area (Å²) in [6.45, 7) is 1.46. The number of ether oxygens (including phenoxy) is 1. The molecule has 1 heterocycles. The maximum absolute atomic E-state index is 11.1. The van der Waals surface area contributed by atoms with Gasteiger partial charge in [0.1, 0.15) is 17.8 Å². The summed E-state index contributed by atoms with van der Waals surface area (Å²) in [5, 5.41) is 9.51. The second-order valence-electron chi connectivity index (χ2n) is 5.84. The summed E-state index contributed by atoms with van der Waals surface area (Å²) in [6, 6.07) is 12.4. The number of benzene rings is 2. The minimum atomic E-state index is -0.132. The lowest BCUT2D eigenvalue weighted by molar-refractivity contribution is -0.114. The SMILES string of the molecule is COc1ccc(Cl)cc1Nc1ncnc(Nc2ccc(NC(C)=O)cc2)c1N. The van der Waals surface area contributed by atoms with Crippen LogP contribution in [0.4, 0.5) is 34.4 Å². The van der Waals surface area contributed by atoms with Crippen molar-refractivity contribution in [1.82, 2.24) is 9.97 Å². The molecular weight excluding hydrogens is 380 g/mol. The van der Waals surface area contributed by atoms with Gasteiger partial charge < -0.3 is 26.4 Å². The van der Waals surface area contributed by atoms with Crippen LogP contribution in [-0.4, -0.2) is 23.0 Å². The van der Waals surface area contributed by atoms with Crippen LogP contribution >= 0.6 is 11.6 Å². The molecule has 0 fully saturated rings. The zero-order valence-corrected chi connectivity index (χ0v) is 16.0. The van der Waals surface area contributed by atoms with E-state index in [1.165, 1.54) is 13.3 Å². The summed E-state index contributed by atoms with van der Waals surface area (Å²) in [5.41, 5.74) is 8.64. The molecule has 5 N–H and O–H groups in total. The fraction of sp³-hybridized carbons (Fsp3) is 0.105. The molecule has 1 aromatic heterocycles.